The second-order valence-corrected chi connectivity index (χ2v) is 20.1. The van der Waals surface area contributed by atoms with Crippen molar-refractivity contribution in [3.05, 3.63) is 134 Å². The molecule has 3 atom stereocenters. The van der Waals surface area contributed by atoms with Crippen molar-refractivity contribution in [3.8, 4) is 0 Å². The fraction of sp³-hybridized carbons (Fsp3) is 0.609. The third kappa shape index (κ3) is 54.4. The van der Waals surface area contributed by atoms with Gasteiger partial charge in [0.1, 0.15) is 12.7 Å². The lowest BCUT2D eigenvalue weighted by Gasteiger charge is -2.21. The number of unbranched alkanes of at least 4 members (excludes halogenated alkanes) is 13. The Morgan fingerprint density at radius 3 is 1.12 bits per heavy atom. The molecule has 76 heavy (non-hydrogen) atoms. The fourth-order valence-electron chi connectivity index (χ4n) is 7.18. The summed E-state index contributed by atoms with van der Waals surface area (Å²) in [5.41, 5.74) is 0. The Labute approximate surface area is 461 Å². The first-order valence-electron chi connectivity index (χ1n) is 29.1. The molecule has 0 aromatic rings. The molecule has 0 spiro atoms. The summed E-state index contributed by atoms with van der Waals surface area (Å²) in [7, 11) is -4.78. The summed E-state index contributed by atoms with van der Waals surface area (Å²) in [4.78, 5) is 48.6. The molecule has 0 fully saturated rings. The van der Waals surface area contributed by atoms with Crippen molar-refractivity contribution >= 4 is 25.7 Å². The van der Waals surface area contributed by atoms with E-state index in [1.807, 2.05) is 6.08 Å². The Bertz CT molecular complexity index is 1780. The number of ether oxygens (including phenoxy) is 3. The van der Waals surface area contributed by atoms with Crippen molar-refractivity contribution in [2.24, 2.45) is 0 Å². The Hall–Kier alpha value is -4.38. The molecule has 0 aliphatic carbocycles. The smallest absolute Gasteiger partial charge is 0.462 e. The molecule has 0 saturated heterocycles. The van der Waals surface area contributed by atoms with Crippen LogP contribution in [0.5, 0.6) is 0 Å². The summed E-state index contributed by atoms with van der Waals surface area (Å²) in [5, 5.41) is 9.81. The molecule has 0 amide bonds. The van der Waals surface area contributed by atoms with Gasteiger partial charge in [0.25, 0.3) is 0 Å². The maximum Gasteiger partial charge on any atom is 0.472 e. The van der Waals surface area contributed by atoms with Crippen LogP contribution >= 0.6 is 7.82 Å². The van der Waals surface area contributed by atoms with Crippen LogP contribution in [0.15, 0.2) is 134 Å². The SMILES string of the molecule is CC/C=C\C/C=C\C/C=C\C/C=C\C/C=C\CCCC(=O)OCC(COP(=O)(O)OCC(CO)OC(=O)CCCC/C=C\C/C=C\C/C=C\C/C=C\CC)OC(=O)CCCCCCCCC/C=C\C/C=C\CCCCC. The van der Waals surface area contributed by atoms with Crippen LogP contribution in [0.1, 0.15) is 213 Å². The van der Waals surface area contributed by atoms with E-state index in [0.717, 1.165) is 116 Å². The Morgan fingerprint density at radius 2 is 0.697 bits per heavy atom. The molecule has 0 aromatic heterocycles. The standard InChI is InChI=1S/C64H103O11P/c1-4-7-10-13-16-19-22-25-28-30-33-35-38-41-44-47-50-53-62(66)71-57-61(75-64(68)55-52-49-46-43-40-37-34-31-29-26-23-20-17-14-11-8-5-2)59-73-76(69,70)72-58-60(56-65)74-63(67)54-51-48-45-42-39-36-32-27-24-21-18-15-12-9-6-3/h7,9-10,12,16-21,25-29,32-33,35,39,41-42,44,60-61,65H,4-6,8,11,13-15,22-24,30-31,34,36-38,40,43,45-59H2,1-3H3,(H,69,70)/b10-7-,12-9-,19-16-,20-17-,21-18-,28-25-,29-26-,32-27-,35-33-,42-39-,44-41-. The van der Waals surface area contributed by atoms with Crippen molar-refractivity contribution in [2.75, 3.05) is 26.4 Å². The first-order valence-corrected chi connectivity index (χ1v) is 30.6. The maximum absolute atomic E-state index is 12.9. The van der Waals surface area contributed by atoms with E-state index in [1.165, 1.54) is 32.1 Å². The first-order chi connectivity index (χ1) is 37.2. The van der Waals surface area contributed by atoms with Crippen LogP contribution < -0.4 is 0 Å². The Kier molecular flexibility index (Phi) is 53.5. The molecular formula is C64H103O11P. The molecule has 12 heteroatoms. The van der Waals surface area contributed by atoms with Gasteiger partial charge in [-0.3, -0.25) is 23.4 Å². The summed E-state index contributed by atoms with van der Waals surface area (Å²) < 4.78 is 39.4. The van der Waals surface area contributed by atoms with E-state index in [-0.39, 0.29) is 25.9 Å². The van der Waals surface area contributed by atoms with E-state index in [1.54, 1.807) is 0 Å². The molecule has 0 rings (SSSR count). The number of allylic oxidation sites excluding steroid dienone is 22. The molecular weight excluding hydrogens is 976 g/mol. The summed E-state index contributed by atoms with van der Waals surface area (Å²) >= 11 is 0. The van der Waals surface area contributed by atoms with E-state index < -0.39 is 57.8 Å². The zero-order chi connectivity index (χ0) is 55.5. The largest absolute Gasteiger partial charge is 0.472 e. The minimum Gasteiger partial charge on any atom is -0.462 e. The molecule has 0 bridgehead atoms. The molecule has 0 aliphatic rings. The number of phosphoric acid groups is 1. The van der Waals surface area contributed by atoms with Gasteiger partial charge in [0, 0.05) is 19.3 Å². The van der Waals surface area contributed by atoms with Crippen LogP contribution in [0.4, 0.5) is 0 Å². The molecule has 0 saturated carbocycles. The molecule has 2 N–H and O–H groups in total. The number of hydrogen-bond donors (Lipinski definition) is 2. The van der Waals surface area contributed by atoms with Crippen molar-refractivity contribution in [3.63, 3.8) is 0 Å². The van der Waals surface area contributed by atoms with Crippen molar-refractivity contribution in [1.82, 2.24) is 0 Å². The summed E-state index contributed by atoms with van der Waals surface area (Å²) in [5.74, 6) is -1.60. The Morgan fingerprint density at radius 1 is 0.382 bits per heavy atom. The fourth-order valence-corrected chi connectivity index (χ4v) is 7.96. The van der Waals surface area contributed by atoms with E-state index >= 15 is 0 Å². The van der Waals surface area contributed by atoms with Gasteiger partial charge in [-0.05, 0) is 128 Å². The van der Waals surface area contributed by atoms with Gasteiger partial charge in [-0.1, -0.05) is 199 Å². The molecule has 0 aliphatic heterocycles. The maximum atomic E-state index is 12.9. The highest BCUT2D eigenvalue weighted by Crippen LogP contribution is 2.43. The number of phosphoric ester groups is 1. The van der Waals surface area contributed by atoms with Crippen LogP contribution in [-0.4, -0.2) is 66.5 Å². The molecule has 0 radical (unpaired) electrons. The number of aliphatic hydroxyl groups excluding tert-OH is 1. The van der Waals surface area contributed by atoms with Crippen LogP contribution in [0.3, 0.4) is 0 Å². The molecule has 3 unspecified atom stereocenters. The van der Waals surface area contributed by atoms with Crippen LogP contribution in [0, 0.1) is 0 Å². The lowest BCUT2D eigenvalue weighted by Crippen LogP contribution is -2.30. The van der Waals surface area contributed by atoms with Crippen molar-refractivity contribution in [1.29, 1.82) is 0 Å². The third-order valence-electron chi connectivity index (χ3n) is 11.5. The summed E-state index contributed by atoms with van der Waals surface area (Å²) in [6.07, 6.45) is 71.3. The number of esters is 3. The highest BCUT2D eigenvalue weighted by atomic mass is 31.2. The topological polar surface area (TPSA) is 155 Å². The predicted molar refractivity (Wildman–Crippen MR) is 316 cm³/mol. The normalized spacial score (nSPS) is 14.3. The van der Waals surface area contributed by atoms with Gasteiger partial charge in [-0.2, -0.15) is 0 Å². The zero-order valence-corrected chi connectivity index (χ0v) is 48.3. The minimum absolute atomic E-state index is 0.113. The van der Waals surface area contributed by atoms with Gasteiger partial charge in [-0.25, -0.2) is 4.57 Å². The van der Waals surface area contributed by atoms with Crippen molar-refractivity contribution in [2.45, 2.75) is 226 Å². The number of aliphatic hydroxyl groups is 1. The highest BCUT2D eigenvalue weighted by molar-refractivity contribution is 7.47. The second kappa shape index (κ2) is 56.8. The number of hydrogen-bond acceptors (Lipinski definition) is 10. The van der Waals surface area contributed by atoms with Crippen LogP contribution in [0.25, 0.3) is 0 Å². The van der Waals surface area contributed by atoms with E-state index in [4.69, 9.17) is 23.3 Å². The predicted octanol–water partition coefficient (Wildman–Crippen LogP) is 17.4. The zero-order valence-electron chi connectivity index (χ0n) is 47.4. The molecule has 430 valence electrons. The monoisotopic (exact) mass is 1080 g/mol. The minimum atomic E-state index is -4.78. The Balaban J connectivity index is 4.88. The second-order valence-electron chi connectivity index (χ2n) is 18.7. The van der Waals surface area contributed by atoms with Gasteiger partial charge in [-0.15, -0.1) is 0 Å². The summed E-state index contributed by atoms with van der Waals surface area (Å²) in [6, 6.07) is 0. The third-order valence-corrected chi connectivity index (χ3v) is 12.5. The van der Waals surface area contributed by atoms with Gasteiger partial charge >= 0.3 is 25.7 Å². The lowest BCUT2D eigenvalue weighted by atomic mass is 10.1. The van der Waals surface area contributed by atoms with Gasteiger partial charge < -0.3 is 24.2 Å². The number of carbonyl (C=O) groups excluding carboxylic acids is 3. The molecule has 11 nitrogen and oxygen atoms in total. The average Bonchev–Trinajstić information content (AvgIpc) is 3.41. The number of rotatable bonds is 52. The lowest BCUT2D eigenvalue weighted by molar-refractivity contribution is -0.161. The average molecular weight is 1080 g/mol. The van der Waals surface area contributed by atoms with E-state index in [0.29, 0.717) is 25.7 Å². The van der Waals surface area contributed by atoms with Crippen LogP contribution in [0.2, 0.25) is 0 Å². The van der Waals surface area contributed by atoms with Crippen LogP contribution in [-0.2, 0) is 42.2 Å². The molecule has 0 heterocycles. The first kappa shape index (κ1) is 71.6. The van der Waals surface area contributed by atoms with Gasteiger partial charge in [0.15, 0.2) is 6.10 Å². The van der Waals surface area contributed by atoms with E-state index in [2.05, 4.69) is 148 Å². The van der Waals surface area contributed by atoms with Gasteiger partial charge in [0.2, 0.25) is 0 Å². The quantitative estimate of drug-likeness (QED) is 0.0197. The molecule has 0 aromatic carbocycles. The highest BCUT2D eigenvalue weighted by Gasteiger charge is 2.28. The summed E-state index contributed by atoms with van der Waals surface area (Å²) in [6.45, 7) is 4.25. The number of carbonyl (C=O) groups is 3. The van der Waals surface area contributed by atoms with Crippen molar-refractivity contribution < 1.29 is 52.2 Å². The van der Waals surface area contributed by atoms with E-state index in [9.17, 15) is 28.9 Å². The van der Waals surface area contributed by atoms with Gasteiger partial charge in [0.05, 0.1) is 19.8 Å².